The van der Waals surface area contributed by atoms with Gasteiger partial charge in [0.2, 0.25) is 0 Å². The summed E-state index contributed by atoms with van der Waals surface area (Å²) in [5.41, 5.74) is 2.35. The molecule has 0 aliphatic heterocycles. The Morgan fingerprint density at radius 2 is 1.72 bits per heavy atom. The van der Waals surface area contributed by atoms with Crippen LogP contribution in [0.15, 0.2) is 36.5 Å². The lowest BCUT2D eigenvalue weighted by atomic mass is 9.99. The van der Waals surface area contributed by atoms with Gasteiger partial charge in [-0.2, -0.15) is 0 Å². The molecule has 0 fully saturated rings. The fraction of sp³-hybridized carbons (Fsp3) is 0.214. The molecule has 0 radical (unpaired) electrons. The molecule has 0 saturated carbocycles. The minimum Gasteiger partial charge on any atom is -0.309 e. The number of aromatic nitrogens is 1. The molecule has 94 valence electrons. The van der Waals surface area contributed by atoms with Gasteiger partial charge in [0.25, 0.3) is 0 Å². The number of pyridine rings is 1. The van der Waals surface area contributed by atoms with Crippen molar-refractivity contribution < 1.29 is 8.78 Å². The van der Waals surface area contributed by atoms with E-state index < -0.39 is 11.6 Å². The third kappa shape index (κ3) is 2.71. The Morgan fingerprint density at radius 1 is 1.06 bits per heavy atom. The number of rotatable bonds is 3. The van der Waals surface area contributed by atoms with Crippen molar-refractivity contribution in [1.29, 1.82) is 0 Å². The number of halogens is 2. The lowest BCUT2D eigenvalue weighted by molar-refractivity contribution is 0.571. The molecule has 0 bridgehead atoms. The maximum absolute atomic E-state index is 13.2. The van der Waals surface area contributed by atoms with Crippen LogP contribution in [0.4, 0.5) is 8.78 Å². The second-order valence-corrected chi connectivity index (χ2v) is 4.16. The van der Waals surface area contributed by atoms with Crippen LogP contribution in [0.1, 0.15) is 22.9 Å². The third-order valence-corrected chi connectivity index (χ3v) is 2.76. The van der Waals surface area contributed by atoms with Crippen LogP contribution in [0, 0.1) is 18.6 Å². The average molecular weight is 248 g/mol. The van der Waals surface area contributed by atoms with Gasteiger partial charge in [-0.25, -0.2) is 8.78 Å². The molecule has 1 heterocycles. The van der Waals surface area contributed by atoms with Crippen molar-refractivity contribution in [3.05, 3.63) is 65.0 Å². The number of nitrogens with zero attached hydrogens (tertiary/aromatic N) is 1. The summed E-state index contributed by atoms with van der Waals surface area (Å²) in [6.07, 6.45) is 1.69. The van der Waals surface area contributed by atoms with Gasteiger partial charge in [0.05, 0.1) is 6.04 Å². The Morgan fingerprint density at radius 3 is 2.28 bits per heavy atom. The van der Waals surface area contributed by atoms with E-state index in [1.165, 1.54) is 12.1 Å². The van der Waals surface area contributed by atoms with E-state index in [1.807, 2.05) is 19.1 Å². The summed E-state index contributed by atoms with van der Waals surface area (Å²) in [5, 5.41) is 3.06. The van der Waals surface area contributed by atoms with Gasteiger partial charge in [-0.05, 0) is 49.4 Å². The van der Waals surface area contributed by atoms with E-state index in [9.17, 15) is 8.78 Å². The average Bonchev–Trinajstić information content (AvgIpc) is 2.28. The summed E-state index contributed by atoms with van der Waals surface area (Å²) >= 11 is 0. The van der Waals surface area contributed by atoms with Gasteiger partial charge >= 0.3 is 0 Å². The van der Waals surface area contributed by atoms with Crippen molar-refractivity contribution in [2.24, 2.45) is 0 Å². The molecule has 4 heteroatoms. The number of hydrogen-bond donors (Lipinski definition) is 1. The molecule has 1 aromatic carbocycles. The lowest BCUT2D eigenvalue weighted by Crippen LogP contribution is -2.18. The Bertz CT molecular complexity index is 535. The predicted molar refractivity (Wildman–Crippen MR) is 66.2 cm³/mol. The fourth-order valence-corrected chi connectivity index (χ4v) is 2.01. The molecule has 0 aliphatic carbocycles. The van der Waals surface area contributed by atoms with E-state index in [2.05, 4.69) is 10.3 Å². The zero-order chi connectivity index (χ0) is 13.1. The van der Waals surface area contributed by atoms with Crippen molar-refractivity contribution >= 4 is 0 Å². The van der Waals surface area contributed by atoms with Gasteiger partial charge in [0.15, 0.2) is 0 Å². The van der Waals surface area contributed by atoms with Gasteiger partial charge < -0.3 is 5.32 Å². The van der Waals surface area contributed by atoms with Crippen LogP contribution in [0.3, 0.4) is 0 Å². The highest BCUT2D eigenvalue weighted by Crippen LogP contribution is 2.23. The molecule has 0 aliphatic rings. The highest BCUT2D eigenvalue weighted by molar-refractivity contribution is 5.32. The summed E-state index contributed by atoms with van der Waals surface area (Å²) in [6, 6.07) is 7.01. The molecule has 1 aromatic heterocycles. The highest BCUT2D eigenvalue weighted by Gasteiger charge is 2.14. The first kappa shape index (κ1) is 12.6. The minimum absolute atomic E-state index is 0.253. The standard InChI is InChI=1S/C14H14F2N2/c1-9-5-10(3-4-18-9)14(17-2)11-6-12(15)8-13(16)7-11/h3-8,14,17H,1-2H3. The van der Waals surface area contributed by atoms with Crippen LogP contribution in [0.5, 0.6) is 0 Å². The van der Waals surface area contributed by atoms with E-state index >= 15 is 0 Å². The number of aryl methyl sites for hydroxylation is 1. The van der Waals surface area contributed by atoms with Crippen molar-refractivity contribution in [1.82, 2.24) is 10.3 Å². The van der Waals surface area contributed by atoms with Gasteiger partial charge in [0.1, 0.15) is 11.6 Å². The number of benzene rings is 1. The van der Waals surface area contributed by atoms with Gasteiger partial charge in [-0.15, -0.1) is 0 Å². The van der Waals surface area contributed by atoms with E-state index in [-0.39, 0.29) is 6.04 Å². The summed E-state index contributed by atoms with van der Waals surface area (Å²) < 4.78 is 26.5. The maximum atomic E-state index is 13.2. The van der Waals surface area contributed by atoms with E-state index in [4.69, 9.17) is 0 Å². The van der Waals surface area contributed by atoms with Crippen molar-refractivity contribution in [2.75, 3.05) is 7.05 Å². The van der Waals surface area contributed by atoms with Crippen LogP contribution in [-0.2, 0) is 0 Å². The first-order valence-corrected chi connectivity index (χ1v) is 5.66. The molecule has 0 spiro atoms. The molecule has 0 amide bonds. The van der Waals surface area contributed by atoms with E-state index in [1.54, 1.807) is 13.2 Å². The number of hydrogen-bond acceptors (Lipinski definition) is 2. The second kappa shape index (κ2) is 5.23. The first-order chi connectivity index (χ1) is 8.60. The van der Waals surface area contributed by atoms with Crippen molar-refractivity contribution in [3.63, 3.8) is 0 Å². The van der Waals surface area contributed by atoms with Gasteiger partial charge in [-0.1, -0.05) is 0 Å². The number of nitrogens with one attached hydrogen (secondary N) is 1. The summed E-state index contributed by atoms with van der Waals surface area (Å²) in [5.74, 6) is -1.15. The zero-order valence-electron chi connectivity index (χ0n) is 10.2. The smallest absolute Gasteiger partial charge is 0.126 e. The Balaban J connectivity index is 2.45. The molecule has 2 nitrogen and oxygen atoms in total. The van der Waals surface area contributed by atoms with Crippen LogP contribution in [0.2, 0.25) is 0 Å². The van der Waals surface area contributed by atoms with Crippen molar-refractivity contribution in [3.8, 4) is 0 Å². The minimum atomic E-state index is -0.573. The normalized spacial score (nSPS) is 12.4. The predicted octanol–water partition coefficient (Wildman–Crippen LogP) is 2.98. The molecular formula is C14H14F2N2. The molecule has 1 N–H and O–H groups in total. The molecule has 2 aromatic rings. The Labute approximate surface area is 105 Å². The van der Waals surface area contributed by atoms with Crippen LogP contribution >= 0.6 is 0 Å². The van der Waals surface area contributed by atoms with E-state index in [0.29, 0.717) is 5.56 Å². The first-order valence-electron chi connectivity index (χ1n) is 5.66. The van der Waals surface area contributed by atoms with Crippen molar-refractivity contribution in [2.45, 2.75) is 13.0 Å². The molecule has 1 atom stereocenters. The Hall–Kier alpha value is -1.81. The maximum Gasteiger partial charge on any atom is 0.126 e. The largest absolute Gasteiger partial charge is 0.309 e. The molecule has 0 saturated heterocycles. The SMILES string of the molecule is CNC(c1cc(F)cc(F)c1)c1ccnc(C)c1. The van der Waals surface area contributed by atoms with Gasteiger partial charge in [0, 0.05) is 18.0 Å². The molecular weight excluding hydrogens is 234 g/mol. The van der Waals surface area contributed by atoms with E-state index in [0.717, 1.165) is 17.3 Å². The summed E-state index contributed by atoms with van der Waals surface area (Å²) in [4.78, 5) is 4.11. The Kier molecular flexibility index (Phi) is 3.67. The molecule has 18 heavy (non-hydrogen) atoms. The fourth-order valence-electron chi connectivity index (χ4n) is 2.01. The summed E-state index contributed by atoms with van der Waals surface area (Å²) in [6.45, 7) is 1.88. The third-order valence-electron chi connectivity index (χ3n) is 2.76. The van der Waals surface area contributed by atoms with Crippen LogP contribution in [0.25, 0.3) is 0 Å². The monoisotopic (exact) mass is 248 g/mol. The lowest BCUT2D eigenvalue weighted by Gasteiger charge is -2.17. The summed E-state index contributed by atoms with van der Waals surface area (Å²) in [7, 11) is 1.75. The van der Waals surface area contributed by atoms with Crippen LogP contribution < -0.4 is 5.32 Å². The topological polar surface area (TPSA) is 24.9 Å². The molecule has 1 unspecified atom stereocenters. The molecule has 2 rings (SSSR count). The second-order valence-electron chi connectivity index (χ2n) is 4.16. The van der Waals surface area contributed by atoms with Gasteiger partial charge in [-0.3, -0.25) is 4.98 Å². The zero-order valence-corrected chi connectivity index (χ0v) is 10.2. The quantitative estimate of drug-likeness (QED) is 0.903. The highest BCUT2D eigenvalue weighted by atomic mass is 19.1. The van der Waals surface area contributed by atoms with Crippen LogP contribution in [-0.4, -0.2) is 12.0 Å².